The van der Waals surface area contributed by atoms with Crippen LogP contribution in [0.1, 0.15) is 19.3 Å². The van der Waals surface area contributed by atoms with E-state index in [1.165, 1.54) is 31.8 Å². The Morgan fingerprint density at radius 3 is 2.76 bits per heavy atom. The monoisotopic (exact) mass is 409 g/mol. The van der Waals surface area contributed by atoms with E-state index in [-0.39, 0.29) is 23.0 Å². The molecule has 0 amide bonds. The largest absolute Gasteiger partial charge is 0.573 e. The van der Waals surface area contributed by atoms with Gasteiger partial charge in [-0.1, -0.05) is 0 Å². The molecule has 0 bridgehead atoms. The predicted molar refractivity (Wildman–Crippen MR) is 96.7 cm³/mol. The summed E-state index contributed by atoms with van der Waals surface area (Å²) in [5.74, 6) is 0.0965. The zero-order valence-corrected chi connectivity index (χ0v) is 15.3. The van der Waals surface area contributed by atoms with E-state index in [0.717, 1.165) is 18.9 Å². The number of benzene rings is 1. The van der Waals surface area contributed by atoms with E-state index in [4.69, 9.17) is 4.74 Å². The molecule has 0 spiro atoms. The lowest BCUT2D eigenvalue weighted by Crippen LogP contribution is -2.29. The fraction of sp³-hybridized carbons (Fsp3) is 0.389. The molecule has 1 aliphatic rings. The van der Waals surface area contributed by atoms with Crippen LogP contribution in [-0.4, -0.2) is 50.3 Å². The number of imidazole rings is 1. The summed E-state index contributed by atoms with van der Waals surface area (Å²) < 4.78 is 49.5. The van der Waals surface area contributed by atoms with Gasteiger partial charge in [0.15, 0.2) is 0 Å². The van der Waals surface area contributed by atoms with Crippen LogP contribution in [0.5, 0.6) is 11.5 Å². The number of nitrogens with one attached hydrogen (secondary N) is 1. The van der Waals surface area contributed by atoms with Crippen molar-refractivity contribution in [2.75, 3.05) is 12.4 Å². The number of ether oxygens (including phenoxy) is 2. The number of aromatic nitrogens is 4. The molecule has 2 atom stereocenters. The SMILES string of the molecule is COc1ccc(-c2nnc(N[C@@H]3CCC[C@H]3O)n3cncc23)c(OC(F)(F)F)c1. The maximum Gasteiger partial charge on any atom is 0.573 e. The molecule has 8 nitrogen and oxygen atoms in total. The topological polar surface area (TPSA) is 93.8 Å². The number of halogens is 3. The number of fused-ring (bicyclic) bond motifs is 1. The van der Waals surface area contributed by atoms with Crippen molar-refractivity contribution in [1.29, 1.82) is 0 Å². The van der Waals surface area contributed by atoms with Crippen molar-refractivity contribution in [3.05, 3.63) is 30.7 Å². The molecule has 1 fully saturated rings. The van der Waals surface area contributed by atoms with Crippen LogP contribution >= 0.6 is 0 Å². The van der Waals surface area contributed by atoms with Gasteiger partial charge in [-0.3, -0.25) is 4.40 Å². The molecule has 2 heterocycles. The Balaban J connectivity index is 1.77. The first-order valence-electron chi connectivity index (χ1n) is 8.93. The number of hydrogen-bond donors (Lipinski definition) is 2. The number of nitrogens with zero attached hydrogens (tertiary/aromatic N) is 4. The smallest absolute Gasteiger partial charge is 0.497 e. The molecule has 3 aromatic rings. The molecule has 2 aromatic heterocycles. The summed E-state index contributed by atoms with van der Waals surface area (Å²) >= 11 is 0. The molecular formula is C18H18F3N5O3. The molecular weight excluding hydrogens is 391 g/mol. The van der Waals surface area contributed by atoms with E-state index in [9.17, 15) is 18.3 Å². The summed E-state index contributed by atoms with van der Waals surface area (Å²) in [6.07, 6.45) is -0.0638. The van der Waals surface area contributed by atoms with Crippen molar-refractivity contribution >= 4 is 11.5 Å². The molecule has 0 unspecified atom stereocenters. The Morgan fingerprint density at radius 1 is 1.24 bits per heavy atom. The van der Waals surface area contributed by atoms with Crippen LogP contribution in [-0.2, 0) is 0 Å². The number of aliphatic hydroxyl groups is 1. The fourth-order valence-electron chi connectivity index (χ4n) is 3.44. The molecule has 2 N–H and O–H groups in total. The molecule has 29 heavy (non-hydrogen) atoms. The van der Waals surface area contributed by atoms with Gasteiger partial charge in [-0.15, -0.1) is 23.4 Å². The van der Waals surface area contributed by atoms with Crippen LogP contribution in [0.2, 0.25) is 0 Å². The number of hydrogen-bond acceptors (Lipinski definition) is 7. The van der Waals surface area contributed by atoms with Crippen molar-refractivity contribution in [3.8, 4) is 22.8 Å². The molecule has 1 aromatic carbocycles. The van der Waals surface area contributed by atoms with Gasteiger partial charge in [0.25, 0.3) is 0 Å². The second kappa shape index (κ2) is 7.39. The lowest BCUT2D eigenvalue weighted by molar-refractivity contribution is -0.274. The summed E-state index contributed by atoms with van der Waals surface area (Å²) in [6.45, 7) is 0. The van der Waals surface area contributed by atoms with Gasteiger partial charge in [0.05, 0.1) is 31.0 Å². The van der Waals surface area contributed by atoms with Crippen LogP contribution in [0.15, 0.2) is 30.7 Å². The molecule has 1 aliphatic carbocycles. The summed E-state index contributed by atoms with van der Waals surface area (Å²) in [7, 11) is 1.35. The first-order chi connectivity index (χ1) is 13.9. The maximum absolute atomic E-state index is 12.9. The van der Waals surface area contributed by atoms with Gasteiger partial charge >= 0.3 is 6.36 Å². The second-order valence-corrected chi connectivity index (χ2v) is 6.68. The third kappa shape index (κ3) is 3.90. The van der Waals surface area contributed by atoms with Crippen molar-refractivity contribution in [3.63, 3.8) is 0 Å². The van der Waals surface area contributed by atoms with Crippen molar-refractivity contribution < 1.29 is 27.8 Å². The lowest BCUT2D eigenvalue weighted by atomic mass is 10.1. The molecule has 0 radical (unpaired) electrons. The molecule has 0 saturated heterocycles. The first kappa shape index (κ1) is 19.2. The quantitative estimate of drug-likeness (QED) is 0.669. The second-order valence-electron chi connectivity index (χ2n) is 6.68. The summed E-state index contributed by atoms with van der Waals surface area (Å²) in [5.41, 5.74) is 0.697. The third-order valence-corrected chi connectivity index (χ3v) is 4.82. The summed E-state index contributed by atoms with van der Waals surface area (Å²) in [6, 6.07) is 3.89. The van der Waals surface area contributed by atoms with Gasteiger partial charge < -0.3 is 19.9 Å². The van der Waals surface area contributed by atoms with Crippen LogP contribution in [0, 0.1) is 0 Å². The average molecular weight is 409 g/mol. The van der Waals surface area contributed by atoms with Crippen LogP contribution in [0.3, 0.4) is 0 Å². The minimum atomic E-state index is -4.88. The molecule has 11 heteroatoms. The Bertz CT molecular complexity index is 1020. The molecule has 0 aliphatic heterocycles. The summed E-state index contributed by atoms with van der Waals surface area (Å²) in [5, 5.41) is 21.4. The normalized spacial score (nSPS) is 19.5. The van der Waals surface area contributed by atoms with Crippen molar-refractivity contribution in [1.82, 2.24) is 19.6 Å². The van der Waals surface area contributed by atoms with Crippen LogP contribution in [0.25, 0.3) is 16.8 Å². The van der Waals surface area contributed by atoms with Crippen molar-refractivity contribution in [2.45, 2.75) is 37.8 Å². The predicted octanol–water partition coefficient (Wildman–Crippen LogP) is 3.02. The van der Waals surface area contributed by atoms with Crippen LogP contribution < -0.4 is 14.8 Å². The van der Waals surface area contributed by atoms with E-state index in [2.05, 4.69) is 25.2 Å². The Hall–Kier alpha value is -3.08. The maximum atomic E-state index is 12.9. The van der Waals surface area contributed by atoms with Gasteiger partial charge in [-0.05, 0) is 31.4 Å². The zero-order chi connectivity index (χ0) is 20.6. The minimum absolute atomic E-state index is 0.0913. The summed E-state index contributed by atoms with van der Waals surface area (Å²) in [4.78, 5) is 4.07. The Kier molecular flexibility index (Phi) is 4.91. The van der Waals surface area contributed by atoms with Gasteiger partial charge in [0, 0.05) is 11.6 Å². The molecule has 4 rings (SSSR count). The lowest BCUT2D eigenvalue weighted by Gasteiger charge is -2.18. The minimum Gasteiger partial charge on any atom is -0.497 e. The standard InChI is InChI=1S/C18H18F3N5O3/c1-28-10-5-6-11(15(7-10)29-18(19,20)21)16-13-8-22-9-26(13)17(25-24-16)23-12-3-2-4-14(12)27/h5-9,12,14,27H,2-4H2,1H3,(H,23,25)/t12-,14-/m1/s1. The number of methoxy groups -OCH3 is 1. The van der Waals surface area contributed by atoms with E-state index in [1.54, 1.807) is 4.40 Å². The number of alkyl halides is 3. The third-order valence-electron chi connectivity index (χ3n) is 4.82. The fourth-order valence-corrected chi connectivity index (χ4v) is 3.44. The highest BCUT2D eigenvalue weighted by molar-refractivity contribution is 5.81. The van der Waals surface area contributed by atoms with Gasteiger partial charge in [0.2, 0.25) is 5.95 Å². The Labute approximate surface area is 163 Å². The highest BCUT2D eigenvalue weighted by Crippen LogP contribution is 2.37. The average Bonchev–Trinajstić information content (AvgIpc) is 3.31. The Morgan fingerprint density at radius 2 is 2.07 bits per heavy atom. The van der Waals surface area contributed by atoms with Gasteiger partial charge in [-0.2, -0.15) is 0 Å². The number of anilines is 1. The van der Waals surface area contributed by atoms with Crippen LogP contribution in [0.4, 0.5) is 19.1 Å². The zero-order valence-electron chi connectivity index (χ0n) is 15.3. The molecule has 154 valence electrons. The van der Waals surface area contributed by atoms with E-state index < -0.39 is 18.2 Å². The number of rotatable bonds is 5. The van der Waals surface area contributed by atoms with Gasteiger partial charge in [-0.25, -0.2) is 4.98 Å². The van der Waals surface area contributed by atoms with E-state index in [1.807, 2.05) is 0 Å². The van der Waals surface area contributed by atoms with E-state index in [0.29, 0.717) is 17.9 Å². The van der Waals surface area contributed by atoms with Gasteiger partial charge in [0.1, 0.15) is 23.5 Å². The van der Waals surface area contributed by atoms with E-state index >= 15 is 0 Å². The highest BCUT2D eigenvalue weighted by Gasteiger charge is 2.33. The number of aliphatic hydroxyl groups excluding tert-OH is 1. The molecule has 1 saturated carbocycles. The van der Waals surface area contributed by atoms with Crippen molar-refractivity contribution in [2.24, 2.45) is 0 Å². The first-order valence-corrected chi connectivity index (χ1v) is 8.93. The highest BCUT2D eigenvalue weighted by atomic mass is 19.4.